The average Bonchev–Trinajstić information content (AvgIpc) is 2.61. The van der Waals surface area contributed by atoms with Gasteiger partial charge in [0.25, 0.3) is 5.91 Å². The van der Waals surface area contributed by atoms with Crippen molar-refractivity contribution in [3.8, 4) is 6.07 Å². The molecule has 0 aromatic heterocycles. The van der Waals surface area contributed by atoms with Gasteiger partial charge in [0.15, 0.2) is 6.61 Å². The second-order valence-electron chi connectivity index (χ2n) is 6.16. The van der Waals surface area contributed by atoms with Crippen molar-refractivity contribution in [1.29, 1.82) is 5.26 Å². The molecule has 1 aromatic carbocycles. The third-order valence-electron chi connectivity index (χ3n) is 4.24. The molecule has 3 amide bonds. The zero-order valence-electron chi connectivity index (χ0n) is 14.1. The zero-order valence-corrected chi connectivity index (χ0v) is 14.1. The predicted octanol–water partition coefficient (Wildman–Crippen LogP) is 2.12. The van der Waals surface area contributed by atoms with Gasteiger partial charge in [-0.1, -0.05) is 25.8 Å². The number of carbonyl (C=O) groups is 3. The molecule has 0 aliphatic heterocycles. The molecule has 0 radical (unpaired) electrons. The van der Waals surface area contributed by atoms with E-state index in [0.29, 0.717) is 11.5 Å². The molecule has 1 aliphatic carbocycles. The Labute approximate surface area is 146 Å². The van der Waals surface area contributed by atoms with E-state index in [0.717, 1.165) is 25.7 Å². The summed E-state index contributed by atoms with van der Waals surface area (Å²) in [6.45, 7) is 1.51. The molecule has 2 N–H and O–H groups in total. The number of rotatable bonds is 4. The van der Waals surface area contributed by atoms with Crippen LogP contribution in [0.5, 0.6) is 0 Å². The number of amides is 3. The maximum absolute atomic E-state index is 11.9. The van der Waals surface area contributed by atoms with Crippen LogP contribution in [0.25, 0.3) is 0 Å². The van der Waals surface area contributed by atoms with Gasteiger partial charge in [-0.15, -0.1) is 0 Å². The zero-order chi connectivity index (χ0) is 18.2. The third-order valence-corrected chi connectivity index (χ3v) is 4.24. The fourth-order valence-corrected chi connectivity index (χ4v) is 2.83. The van der Waals surface area contributed by atoms with Gasteiger partial charge in [0.2, 0.25) is 0 Å². The van der Waals surface area contributed by atoms with Crippen LogP contribution < -0.4 is 10.6 Å². The topological polar surface area (TPSA) is 108 Å². The highest BCUT2D eigenvalue weighted by atomic mass is 16.5. The minimum atomic E-state index is -0.728. The van der Waals surface area contributed by atoms with Gasteiger partial charge in [-0.25, -0.2) is 9.59 Å². The Morgan fingerprint density at radius 2 is 2.04 bits per heavy atom. The van der Waals surface area contributed by atoms with Crippen molar-refractivity contribution in [2.24, 2.45) is 5.92 Å². The van der Waals surface area contributed by atoms with Crippen LogP contribution in [0.15, 0.2) is 24.3 Å². The lowest BCUT2D eigenvalue weighted by atomic mass is 9.86. The summed E-state index contributed by atoms with van der Waals surface area (Å²) in [4.78, 5) is 35.4. The van der Waals surface area contributed by atoms with Gasteiger partial charge in [0, 0.05) is 6.04 Å². The van der Waals surface area contributed by atoms with E-state index in [1.54, 1.807) is 12.1 Å². The van der Waals surface area contributed by atoms with Gasteiger partial charge in [-0.3, -0.25) is 10.1 Å². The fourth-order valence-electron chi connectivity index (χ4n) is 2.83. The van der Waals surface area contributed by atoms with Gasteiger partial charge in [-0.05, 0) is 37.0 Å². The van der Waals surface area contributed by atoms with E-state index in [4.69, 9.17) is 10.00 Å². The summed E-state index contributed by atoms with van der Waals surface area (Å²) in [5.74, 6) is -1.06. The number of urea groups is 1. The molecule has 1 aliphatic rings. The monoisotopic (exact) mass is 343 g/mol. The fraction of sp³-hybridized carbons (Fsp3) is 0.444. The molecule has 0 bridgehead atoms. The van der Waals surface area contributed by atoms with Crippen molar-refractivity contribution in [1.82, 2.24) is 10.6 Å². The molecular weight excluding hydrogens is 322 g/mol. The minimum Gasteiger partial charge on any atom is -0.452 e. The van der Waals surface area contributed by atoms with E-state index in [-0.39, 0.29) is 11.6 Å². The summed E-state index contributed by atoms with van der Waals surface area (Å²) < 4.78 is 4.86. The molecule has 0 unspecified atom stereocenters. The maximum atomic E-state index is 11.9. The molecule has 0 heterocycles. The summed E-state index contributed by atoms with van der Waals surface area (Å²) in [5.41, 5.74) is 0.493. The lowest BCUT2D eigenvalue weighted by Gasteiger charge is -2.29. The quantitative estimate of drug-likeness (QED) is 0.814. The highest BCUT2D eigenvalue weighted by Crippen LogP contribution is 2.23. The first-order valence-corrected chi connectivity index (χ1v) is 8.27. The Balaban J connectivity index is 1.77. The van der Waals surface area contributed by atoms with Crippen LogP contribution in [0.4, 0.5) is 4.79 Å². The SMILES string of the molecule is C[C@@H]1CCCC[C@H]1NC(=O)NC(=O)COC(=O)c1cccc(C#N)c1. The molecule has 2 atom stereocenters. The number of imide groups is 1. The second kappa shape index (κ2) is 8.83. The van der Waals surface area contributed by atoms with Crippen molar-refractivity contribution in [2.45, 2.75) is 38.6 Å². The highest BCUT2D eigenvalue weighted by Gasteiger charge is 2.23. The lowest BCUT2D eigenvalue weighted by Crippen LogP contribution is -2.48. The number of nitriles is 1. The third kappa shape index (κ3) is 5.60. The first-order valence-electron chi connectivity index (χ1n) is 8.27. The molecule has 1 aromatic rings. The van der Waals surface area contributed by atoms with Crippen LogP contribution >= 0.6 is 0 Å². The molecule has 1 fully saturated rings. The van der Waals surface area contributed by atoms with E-state index in [1.807, 2.05) is 6.07 Å². The van der Waals surface area contributed by atoms with E-state index < -0.39 is 24.5 Å². The average molecular weight is 343 g/mol. The number of hydrogen-bond donors (Lipinski definition) is 2. The maximum Gasteiger partial charge on any atom is 0.338 e. The number of nitrogens with one attached hydrogen (secondary N) is 2. The molecule has 132 valence electrons. The Kier molecular flexibility index (Phi) is 6.52. The largest absolute Gasteiger partial charge is 0.452 e. The van der Waals surface area contributed by atoms with E-state index in [1.165, 1.54) is 12.1 Å². The molecule has 7 nitrogen and oxygen atoms in total. The van der Waals surface area contributed by atoms with Crippen molar-refractivity contribution >= 4 is 17.9 Å². The molecule has 2 rings (SSSR count). The van der Waals surface area contributed by atoms with Crippen LogP contribution in [0, 0.1) is 17.2 Å². The normalized spacial score (nSPS) is 19.4. The van der Waals surface area contributed by atoms with E-state index in [2.05, 4.69) is 17.6 Å². The van der Waals surface area contributed by atoms with Crippen LogP contribution in [0.2, 0.25) is 0 Å². The Bertz CT molecular complexity index is 696. The number of benzene rings is 1. The van der Waals surface area contributed by atoms with E-state index >= 15 is 0 Å². The van der Waals surface area contributed by atoms with Gasteiger partial charge < -0.3 is 10.1 Å². The Hall–Kier alpha value is -2.88. The molecule has 0 saturated heterocycles. The first kappa shape index (κ1) is 18.5. The Morgan fingerprint density at radius 3 is 2.76 bits per heavy atom. The van der Waals surface area contributed by atoms with Crippen LogP contribution in [-0.2, 0) is 9.53 Å². The number of nitrogens with zero attached hydrogens (tertiary/aromatic N) is 1. The van der Waals surface area contributed by atoms with Crippen molar-refractivity contribution in [2.75, 3.05) is 6.61 Å². The summed E-state index contributed by atoms with van der Waals surface area (Å²) in [6.07, 6.45) is 4.16. The minimum absolute atomic E-state index is 0.0535. The molecule has 25 heavy (non-hydrogen) atoms. The smallest absolute Gasteiger partial charge is 0.338 e. The summed E-state index contributed by atoms with van der Waals surface area (Å²) >= 11 is 0. The summed E-state index contributed by atoms with van der Waals surface area (Å²) in [7, 11) is 0. The van der Waals surface area contributed by atoms with Gasteiger partial charge >= 0.3 is 12.0 Å². The lowest BCUT2D eigenvalue weighted by molar-refractivity contribution is -0.123. The van der Waals surface area contributed by atoms with Crippen LogP contribution in [0.1, 0.15) is 48.5 Å². The number of carbonyl (C=O) groups excluding carboxylic acids is 3. The molecular formula is C18H21N3O4. The standard InChI is InChI=1S/C18H21N3O4/c1-12-5-2-3-8-15(12)20-18(24)21-16(22)11-25-17(23)14-7-4-6-13(9-14)10-19/h4,6-7,9,12,15H,2-3,5,8,11H2,1H3,(H2,20,21,22,24)/t12-,15-/m1/s1. The summed E-state index contributed by atoms with van der Waals surface area (Å²) in [6, 6.07) is 7.35. The number of esters is 1. The summed E-state index contributed by atoms with van der Waals surface area (Å²) in [5, 5.41) is 13.7. The molecule has 7 heteroatoms. The second-order valence-corrected chi connectivity index (χ2v) is 6.16. The number of ether oxygens (including phenoxy) is 1. The van der Waals surface area contributed by atoms with E-state index in [9.17, 15) is 14.4 Å². The molecule has 1 saturated carbocycles. The van der Waals surface area contributed by atoms with Gasteiger partial charge in [-0.2, -0.15) is 5.26 Å². The predicted molar refractivity (Wildman–Crippen MR) is 89.5 cm³/mol. The van der Waals surface area contributed by atoms with Gasteiger partial charge in [0.1, 0.15) is 0 Å². The highest BCUT2D eigenvalue weighted by molar-refractivity contribution is 5.97. The van der Waals surface area contributed by atoms with Crippen molar-refractivity contribution in [3.63, 3.8) is 0 Å². The van der Waals surface area contributed by atoms with Crippen molar-refractivity contribution < 1.29 is 19.1 Å². The van der Waals surface area contributed by atoms with Crippen LogP contribution in [0.3, 0.4) is 0 Å². The first-order chi connectivity index (χ1) is 12.0. The Morgan fingerprint density at radius 1 is 1.28 bits per heavy atom. The van der Waals surface area contributed by atoms with Crippen molar-refractivity contribution in [3.05, 3.63) is 35.4 Å². The van der Waals surface area contributed by atoms with Gasteiger partial charge in [0.05, 0.1) is 17.2 Å². The number of hydrogen-bond acceptors (Lipinski definition) is 5. The van der Waals surface area contributed by atoms with Crippen LogP contribution in [-0.4, -0.2) is 30.6 Å². The molecule has 0 spiro atoms.